The van der Waals surface area contributed by atoms with Crippen LogP contribution in [-0.2, 0) is 24.4 Å². The van der Waals surface area contributed by atoms with Gasteiger partial charge >= 0.3 is 0 Å². The average molecular weight is 289 g/mol. The number of nitrogens with zero attached hydrogens (tertiary/aromatic N) is 5. The first-order valence-corrected chi connectivity index (χ1v) is 7.57. The molecule has 3 heterocycles. The molecule has 0 spiro atoms. The molecule has 1 saturated heterocycles. The fraction of sp³-hybridized carbons (Fsp3) is 0.600. The summed E-state index contributed by atoms with van der Waals surface area (Å²) in [6.07, 6.45) is 8.07. The van der Waals surface area contributed by atoms with Gasteiger partial charge in [0.1, 0.15) is 5.82 Å². The van der Waals surface area contributed by atoms with E-state index in [2.05, 4.69) is 39.6 Å². The summed E-state index contributed by atoms with van der Waals surface area (Å²) in [5, 5.41) is 4.34. The Morgan fingerprint density at radius 2 is 2.33 bits per heavy atom. The molecule has 0 unspecified atom stereocenters. The van der Waals surface area contributed by atoms with Gasteiger partial charge in [0, 0.05) is 38.2 Å². The second kappa shape index (κ2) is 6.41. The SMILES string of the molecule is CCn1ccnc1CN1CCO[C@@H](Cn2cc(C)cn2)C1. The number of imidazole rings is 1. The monoisotopic (exact) mass is 289 g/mol. The third-order valence-electron chi connectivity index (χ3n) is 3.88. The lowest BCUT2D eigenvalue weighted by Gasteiger charge is -2.32. The highest BCUT2D eigenvalue weighted by atomic mass is 16.5. The first-order chi connectivity index (χ1) is 10.2. The molecule has 1 atom stereocenters. The zero-order valence-electron chi connectivity index (χ0n) is 12.8. The van der Waals surface area contributed by atoms with E-state index in [1.807, 2.05) is 23.3 Å². The van der Waals surface area contributed by atoms with Crippen molar-refractivity contribution in [1.82, 2.24) is 24.2 Å². The van der Waals surface area contributed by atoms with E-state index in [1.54, 1.807) is 0 Å². The molecular weight excluding hydrogens is 266 g/mol. The minimum Gasteiger partial charge on any atom is -0.374 e. The van der Waals surface area contributed by atoms with Gasteiger partial charge in [-0.1, -0.05) is 0 Å². The molecule has 21 heavy (non-hydrogen) atoms. The summed E-state index contributed by atoms with van der Waals surface area (Å²) in [6.45, 7) is 9.54. The standard InChI is InChI=1S/C15H23N5O/c1-3-19-5-4-16-15(19)12-18-6-7-21-14(10-18)11-20-9-13(2)8-17-20/h4-5,8-9,14H,3,6-7,10-12H2,1-2H3/t14-/m1/s1. The molecule has 1 aliphatic heterocycles. The molecule has 0 aromatic carbocycles. The van der Waals surface area contributed by atoms with Crippen molar-refractivity contribution in [2.75, 3.05) is 19.7 Å². The van der Waals surface area contributed by atoms with E-state index < -0.39 is 0 Å². The maximum atomic E-state index is 5.87. The molecule has 0 N–H and O–H groups in total. The number of ether oxygens (including phenoxy) is 1. The smallest absolute Gasteiger partial charge is 0.122 e. The fourth-order valence-corrected chi connectivity index (χ4v) is 2.79. The van der Waals surface area contributed by atoms with E-state index >= 15 is 0 Å². The molecule has 0 bridgehead atoms. The van der Waals surface area contributed by atoms with Crippen LogP contribution in [0.5, 0.6) is 0 Å². The van der Waals surface area contributed by atoms with E-state index in [9.17, 15) is 0 Å². The van der Waals surface area contributed by atoms with Gasteiger partial charge in [-0.05, 0) is 19.4 Å². The van der Waals surface area contributed by atoms with Crippen molar-refractivity contribution in [3.05, 3.63) is 36.2 Å². The molecular formula is C15H23N5O. The normalized spacial score (nSPS) is 20.0. The number of rotatable bonds is 5. The number of morpholine rings is 1. The van der Waals surface area contributed by atoms with Crippen LogP contribution in [0.2, 0.25) is 0 Å². The number of hydrogen-bond acceptors (Lipinski definition) is 4. The van der Waals surface area contributed by atoms with Crippen LogP contribution in [0.25, 0.3) is 0 Å². The Morgan fingerprint density at radius 1 is 1.43 bits per heavy atom. The molecule has 2 aromatic heterocycles. The number of aryl methyl sites for hydroxylation is 2. The second-order valence-corrected chi connectivity index (χ2v) is 5.60. The summed E-state index contributed by atoms with van der Waals surface area (Å²) in [4.78, 5) is 6.87. The van der Waals surface area contributed by atoms with Crippen molar-refractivity contribution in [1.29, 1.82) is 0 Å². The predicted octanol–water partition coefficient (Wildman–Crippen LogP) is 1.31. The van der Waals surface area contributed by atoms with Crippen molar-refractivity contribution in [2.24, 2.45) is 0 Å². The van der Waals surface area contributed by atoms with Gasteiger partial charge in [-0.25, -0.2) is 4.98 Å². The maximum absolute atomic E-state index is 5.87. The maximum Gasteiger partial charge on any atom is 0.122 e. The highest BCUT2D eigenvalue weighted by molar-refractivity contribution is 4.99. The molecule has 0 aliphatic carbocycles. The van der Waals surface area contributed by atoms with Crippen molar-refractivity contribution in [3.8, 4) is 0 Å². The van der Waals surface area contributed by atoms with E-state index in [4.69, 9.17) is 4.74 Å². The van der Waals surface area contributed by atoms with Crippen LogP contribution in [0, 0.1) is 6.92 Å². The van der Waals surface area contributed by atoms with E-state index in [0.29, 0.717) is 0 Å². The Bertz CT molecular complexity index is 576. The topological polar surface area (TPSA) is 48.1 Å². The molecule has 3 rings (SSSR count). The minimum atomic E-state index is 0.197. The lowest BCUT2D eigenvalue weighted by atomic mass is 10.2. The van der Waals surface area contributed by atoms with Gasteiger partial charge in [0.05, 0.1) is 32.0 Å². The van der Waals surface area contributed by atoms with Gasteiger partial charge in [0.2, 0.25) is 0 Å². The van der Waals surface area contributed by atoms with E-state index in [0.717, 1.165) is 45.2 Å². The summed E-state index contributed by atoms with van der Waals surface area (Å²) in [6, 6.07) is 0. The van der Waals surface area contributed by atoms with Crippen LogP contribution < -0.4 is 0 Å². The summed E-state index contributed by atoms with van der Waals surface area (Å²) >= 11 is 0. The molecule has 6 nitrogen and oxygen atoms in total. The average Bonchev–Trinajstić information content (AvgIpc) is 3.08. The van der Waals surface area contributed by atoms with E-state index in [-0.39, 0.29) is 6.10 Å². The summed E-state index contributed by atoms with van der Waals surface area (Å²) in [7, 11) is 0. The van der Waals surface area contributed by atoms with Crippen molar-refractivity contribution >= 4 is 0 Å². The summed E-state index contributed by atoms with van der Waals surface area (Å²) < 4.78 is 10.0. The first kappa shape index (κ1) is 14.3. The minimum absolute atomic E-state index is 0.197. The summed E-state index contributed by atoms with van der Waals surface area (Å²) in [5.41, 5.74) is 1.19. The van der Waals surface area contributed by atoms with Crippen molar-refractivity contribution < 1.29 is 4.74 Å². The van der Waals surface area contributed by atoms with Gasteiger partial charge in [-0.15, -0.1) is 0 Å². The lowest BCUT2D eigenvalue weighted by molar-refractivity contribution is -0.0411. The Morgan fingerprint density at radius 3 is 3.10 bits per heavy atom. The molecule has 0 saturated carbocycles. The van der Waals surface area contributed by atoms with Crippen LogP contribution in [0.4, 0.5) is 0 Å². The van der Waals surface area contributed by atoms with Gasteiger partial charge < -0.3 is 9.30 Å². The molecule has 6 heteroatoms. The molecule has 0 radical (unpaired) electrons. The van der Waals surface area contributed by atoms with Gasteiger partial charge in [-0.2, -0.15) is 5.10 Å². The lowest BCUT2D eigenvalue weighted by Crippen LogP contribution is -2.44. The third kappa shape index (κ3) is 3.51. The Labute approximate surface area is 125 Å². The highest BCUT2D eigenvalue weighted by Gasteiger charge is 2.22. The Hall–Kier alpha value is -1.66. The Balaban J connectivity index is 1.58. The number of hydrogen-bond donors (Lipinski definition) is 0. The van der Waals surface area contributed by atoms with Crippen LogP contribution in [0.15, 0.2) is 24.8 Å². The molecule has 1 fully saturated rings. The summed E-state index contributed by atoms with van der Waals surface area (Å²) in [5.74, 6) is 1.13. The largest absolute Gasteiger partial charge is 0.374 e. The van der Waals surface area contributed by atoms with Crippen LogP contribution >= 0.6 is 0 Å². The van der Waals surface area contributed by atoms with Gasteiger partial charge in [-0.3, -0.25) is 9.58 Å². The van der Waals surface area contributed by atoms with Crippen molar-refractivity contribution in [2.45, 2.75) is 39.6 Å². The van der Waals surface area contributed by atoms with Gasteiger partial charge in [0.15, 0.2) is 0 Å². The zero-order chi connectivity index (χ0) is 14.7. The Kier molecular flexibility index (Phi) is 4.36. The molecule has 0 amide bonds. The van der Waals surface area contributed by atoms with Crippen LogP contribution in [0.3, 0.4) is 0 Å². The van der Waals surface area contributed by atoms with Crippen molar-refractivity contribution in [3.63, 3.8) is 0 Å². The van der Waals surface area contributed by atoms with E-state index in [1.165, 1.54) is 5.56 Å². The van der Waals surface area contributed by atoms with Crippen LogP contribution in [-0.4, -0.2) is 50.0 Å². The van der Waals surface area contributed by atoms with Gasteiger partial charge in [0.25, 0.3) is 0 Å². The van der Waals surface area contributed by atoms with Crippen LogP contribution in [0.1, 0.15) is 18.3 Å². The molecule has 114 valence electrons. The molecule has 2 aromatic rings. The second-order valence-electron chi connectivity index (χ2n) is 5.60. The molecule has 1 aliphatic rings. The quantitative estimate of drug-likeness (QED) is 0.832. The highest BCUT2D eigenvalue weighted by Crippen LogP contribution is 2.11. The third-order valence-corrected chi connectivity index (χ3v) is 3.88. The predicted molar refractivity (Wildman–Crippen MR) is 79.9 cm³/mol. The zero-order valence-corrected chi connectivity index (χ0v) is 12.8. The fourth-order valence-electron chi connectivity index (χ4n) is 2.79. The first-order valence-electron chi connectivity index (χ1n) is 7.57. The number of aromatic nitrogens is 4.